The van der Waals surface area contributed by atoms with Crippen LogP contribution in [0.2, 0.25) is 0 Å². The summed E-state index contributed by atoms with van der Waals surface area (Å²) in [5, 5.41) is 5.29. The van der Waals surface area contributed by atoms with Crippen molar-refractivity contribution in [1.82, 2.24) is 10.3 Å². The molecule has 152 valence electrons. The molecule has 1 unspecified atom stereocenters. The topological polar surface area (TPSA) is 97.0 Å². The molecule has 2 aliphatic heterocycles. The van der Waals surface area contributed by atoms with Crippen LogP contribution in [-0.2, 0) is 14.3 Å². The van der Waals surface area contributed by atoms with E-state index in [9.17, 15) is 9.59 Å². The maximum atomic E-state index is 13.1. The van der Waals surface area contributed by atoms with Gasteiger partial charge in [0.05, 0.1) is 0 Å². The molecule has 0 aliphatic carbocycles. The highest BCUT2D eigenvalue weighted by Gasteiger charge is 2.51. The van der Waals surface area contributed by atoms with Crippen molar-refractivity contribution in [1.29, 1.82) is 0 Å². The summed E-state index contributed by atoms with van der Waals surface area (Å²) in [6, 6.07) is 18.2. The van der Waals surface area contributed by atoms with Crippen LogP contribution in [0.1, 0.15) is 17.2 Å². The summed E-state index contributed by atoms with van der Waals surface area (Å²) in [6.07, 6.45) is 1.08. The van der Waals surface area contributed by atoms with Gasteiger partial charge < -0.3 is 15.4 Å². The summed E-state index contributed by atoms with van der Waals surface area (Å²) in [5.41, 5.74) is 9.75. The molecule has 4 rings (SSSR count). The zero-order valence-electron chi connectivity index (χ0n) is 15.7. The minimum Gasteiger partial charge on any atom is -0.451 e. The summed E-state index contributed by atoms with van der Waals surface area (Å²) >= 11 is 6.09. The molecule has 2 aliphatic rings. The van der Waals surface area contributed by atoms with Crippen LogP contribution in [-0.4, -0.2) is 39.0 Å². The largest absolute Gasteiger partial charge is 0.451 e. The zero-order valence-corrected chi connectivity index (χ0v) is 17.3. The normalized spacial score (nSPS) is 21.2. The quantitative estimate of drug-likeness (QED) is 0.320. The van der Waals surface area contributed by atoms with Crippen LogP contribution in [0.15, 0.2) is 77.2 Å². The second-order valence-corrected chi connectivity index (χ2v) is 8.02. The molecule has 7 nitrogen and oxygen atoms in total. The summed E-state index contributed by atoms with van der Waals surface area (Å²) < 4.78 is 5.91. The van der Waals surface area contributed by atoms with E-state index in [1.54, 1.807) is 11.5 Å². The first-order chi connectivity index (χ1) is 14.6. The van der Waals surface area contributed by atoms with Crippen LogP contribution in [0.25, 0.3) is 0 Å². The Hall–Kier alpha value is -3.17. The van der Waals surface area contributed by atoms with E-state index in [0.717, 1.165) is 11.1 Å². The Morgan fingerprint density at radius 3 is 2.30 bits per heavy atom. The summed E-state index contributed by atoms with van der Waals surface area (Å²) in [4.78, 5) is 27.1. The predicted octanol–water partition coefficient (Wildman–Crippen LogP) is 2.31. The van der Waals surface area contributed by atoms with Crippen molar-refractivity contribution in [2.75, 3.05) is 0 Å². The van der Waals surface area contributed by atoms with Crippen LogP contribution in [0, 0.1) is 0 Å². The number of hydrazone groups is 1. The average Bonchev–Trinajstić information content (AvgIpc) is 2.77. The number of hydrogen-bond acceptors (Lipinski definition) is 6. The van der Waals surface area contributed by atoms with E-state index in [2.05, 4.69) is 10.5 Å². The number of hydrogen-bond donors (Lipinski definition) is 2. The van der Waals surface area contributed by atoms with Crippen molar-refractivity contribution in [3.8, 4) is 0 Å². The van der Waals surface area contributed by atoms with Gasteiger partial charge >= 0.3 is 5.97 Å². The number of amides is 1. The molecule has 2 aromatic carbocycles. The van der Waals surface area contributed by atoms with Gasteiger partial charge in [-0.05, 0) is 34.8 Å². The standard InChI is InChI=1S/C21H18N4O3S2/c22-21(29)24-23-16-18(26)25-15(11-12-30-19(16)25)20(27)28-17(13-7-3-1-4-8-13)14-9-5-2-6-10-14/h1-12,15,17,19H,(H3,22,24,29)/t15?,19-/m0/s1. The van der Waals surface area contributed by atoms with Gasteiger partial charge in [-0.3, -0.25) is 10.2 Å². The van der Waals surface area contributed by atoms with Crippen molar-refractivity contribution in [2.45, 2.75) is 17.5 Å². The number of thiocarbonyl (C=S) groups is 1. The molecule has 1 amide bonds. The minimum absolute atomic E-state index is 0.0328. The molecular formula is C21H18N4O3S2. The second-order valence-electron chi connectivity index (χ2n) is 6.59. The molecule has 0 aromatic heterocycles. The van der Waals surface area contributed by atoms with Gasteiger partial charge in [0.25, 0.3) is 5.91 Å². The lowest BCUT2D eigenvalue weighted by Gasteiger charge is -2.45. The van der Waals surface area contributed by atoms with Gasteiger partial charge in [0.15, 0.2) is 23.0 Å². The Morgan fingerprint density at radius 1 is 1.13 bits per heavy atom. The van der Waals surface area contributed by atoms with Gasteiger partial charge in [-0.1, -0.05) is 60.7 Å². The summed E-state index contributed by atoms with van der Waals surface area (Å²) in [7, 11) is 0. The fraction of sp³-hybridized carbons (Fsp3) is 0.143. The van der Waals surface area contributed by atoms with E-state index in [1.165, 1.54) is 16.7 Å². The SMILES string of the molecule is NC(=S)NN=C1C(=O)N2C(C(=O)OC(c3ccccc3)c3ccccc3)C=CS[C@@H]12. The Labute approximate surface area is 183 Å². The van der Waals surface area contributed by atoms with Gasteiger partial charge in [-0.25, -0.2) is 4.79 Å². The van der Waals surface area contributed by atoms with E-state index < -0.39 is 23.5 Å². The number of benzene rings is 2. The highest BCUT2D eigenvalue weighted by atomic mass is 32.2. The molecule has 9 heteroatoms. The molecule has 0 spiro atoms. The smallest absolute Gasteiger partial charge is 0.333 e. The first-order valence-electron chi connectivity index (χ1n) is 9.14. The Morgan fingerprint density at radius 2 is 1.73 bits per heavy atom. The van der Waals surface area contributed by atoms with Crippen LogP contribution in [0.4, 0.5) is 0 Å². The number of carbonyl (C=O) groups is 2. The lowest BCUT2D eigenvalue weighted by molar-refractivity contribution is -0.156. The van der Waals surface area contributed by atoms with E-state index in [1.807, 2.05) is 60.7 Å². The maximum Gasteiger partial charge on any atom is 0.333 e. The van der Waals surface area contributed by atoms with Crippen LogP contribution in [0.3, 0.4) is 0 Å². The van der Waals surface area contributed by atoms with Crippen molar-refractivity contribution in [3.05, 3.63) is 83.3 Å². The number of nitrogens with zero attached hydrogens (tertiary/aromatic N) is 2. The number of fused-ring (bicyclic) bond motifs is 1. The number of nitrogens with one attached hydrogen (secondary N) is 1. The number of rotatable bonds is 5. The molecule has 2 heterocycles. The highest BCUT2D eigenvalue weighted by Crippen LogP contribution is 2.36. The third-order valence-electron chi connectivity index (χ3n) is 4.67. The number of esters is 1. The molecule has 0 bridgehead atoms. The number of ether oxygens (including phenoxy) is 1. The molecule has 2 aromatic rings. The van der Waals surface area contributed by atoms with E-state index in [0.29, 0.717) is 0 Å². The van der Waals surface area contributed by atoms with Crippen molar-refractivity contribution < 1.29 is 14.3 Å². The van der Waals surface area contributed by atoms with Gasteiger partial charge in [0, 0.05) is 0 Å². The van der Waals surface area contributed by atoms with E-state index in [-0.39, 0.29) is 16.7 Å². The van der Waals surface area contributed by atoms with Crippen molar-refractivity contribution in [2.24, 2.45) is 10.8 Å². The molecule has 1 fully saturated rings. The fourth-order valence-electron chi connectivity index (χ4n) is 3.28. The Kier molecular flexibility index (Phi) is 5.82. The molecule has 0 saturated carbocycles. The predicted molar refractivity (Wildman–Crippen MR) is 119 cm³/mol. The lowest BCUT2D eigenvalue weighted by Crippen LogP contribution is -2.66. The second kappa shape index (κ2) is 8.68. The van der Waals surface area contributed by atoms with E-state index >= 15 is 0 Å². The zero-order chi connectivity index (χ0) is 21.1. The highest BCUT2D eigenvalue weighted by molar-refractivity contribution is 8.03. The van der Waals surface area contributed by atoms with Gasteiger partial charge in [0.2, 0.25) is 0 Å². The number of nitrogens with two attached hydrogens (primary N) is 1. The van der Waals surface area contributed by atoms with E-state index in [4.69, 9.17) is 22.7 Å². The van der Waals surface area contributed by atoms with Gasteiger partial charge in [-0.2, -0.15) is 5.10 Å². The third kappa shape index (κ3) is 3.94. The third-order valence-corrected chi connectivity index (χ3v) is 5.79. The number of carbonyl (C=O) groups excluding carboxylic acids is 2. The molecule has 30 heavy (non-hydrogen) atoms. The Balaban J connectivity index is 1.56. The number of β-lactam (4-membered cyclic amide) rings is 1. The maximum absolute atomic E-state index is 13.1. The summed E-state index contributed by atoms with van der Waals surface area (Å²) in [5.74, 6) is -0.873. The summed E-state index contributed by atoms with van der Waals surface area (Å²) in [6.45, 7) is 0. The van der Waals surface area contributed by atoms with Crippen molar-refractivity contribution in [3.63, 3.8) is 0 Å². The molecule has 3 N–H and O–H groups in total. The lowest BCUT2D eigenvalue weighted by atomic mass is 10.0. The first kappa shape index (κ1) is 20.1. The fourth-order valence-corrected chi connectivity index (χ4v) is 4.35. The molecule has 2 atom stereocenters. The van der Waals surface area contributed by atoms with Gasteiger partial charge in [-0.15, -0.1) is 11.8 Å². The first-order valence-corrected chi connectivity index (χ1v) is 10.5. The van der Waals surface area contributed by atoms with Crippen molar-refractivity contribution >= 4 is 46.7 Å². The van der Waals surface area contributed by atoms with Gasteiger partial charge in [0.1, 0.15) is 5.37 Å². The molecular weight excluding hydrogens is 420 g/mol. The van der Waals surface area contributed by atoms with Crippen LogP contribution in [0.5, 0.6) is 0 Å². The molecule has 1 saturated heterocycles. The Bertz CT molecular complexity index is 988. The van der Waals surface area contributed by atoms with Crippen LogP contribution >= 0.6 is 24.0 Å². The molecule has 0 radical (unpaired) electrons. The monoisotopic (exact) mass is 438 g/mol. The van der Waals surface area contributed by atoms with Crippen LogP contribution < -0.4 is 11.2 Å². The number of thioether (sulfide) groups is 1. The minimum atomic E-state index is -0.831. The average molecular weight is 439 g/mol.